The van der Waals surface area contributed by atoms with E-state index in [0.29, 0.717) is 29.4 Å². The van der Waals surface area contributed by atoms with Gasteiger partial charge in [0.25, 0.3) is 0 Å². The fraction of sp³-hybridized carbons (Fsp3) is 0.182. The minimum atomic E-state index is -3.75. The van der Waals surface area contributed by atoms with Gasteiger partial charge < -0.3 is 15.6 Å². The number of nitrogens with zero attached hydrogens (tertiary/aromatic N) is 1. The Balaban J connectivity index is 2.20. The quantitative estimate of drug-likeness (QED) is 0.713. The number of anilines is 2. The third-order valence-corrected chi connectivity index (χ3v) is 3.40. The Bertz CT molecular complexity index is 694. The van der Waals surface area contributed by atoms with E-state index in [0.717, 1.165) is 0 Å². The molecular formula is C11H14N4O3S. The van der Waals surface area contributed by atoms with Crippen LogP contribution in [0.25, 0.3) is 0 Å². The Morgan fingerprint density at radius 2 is 2.11 bits per heavy atom. The predicted octanol–water partition coefficient (Wildman–Crippen LogP) is 0.825. The highest BCUT2D eigenvalue weighted by molar-refractivity contribution is 7.89. The lowest BCUT2D eigenvalue weighted by atomic mass is 10.2. The predicted molar refractivity (Wildman–Crippen MR) is 70.8 cm³/mol. The molecule has 0 aliphatic heterocycles. The van der Waals surface area contributed by atoms with E-state index in [2.05, 4.69) is 10.5 Å². The summed E-state index contributed by atoms with van der Waals surface area (Å²) in [7, 11) is -3.75. The van der Waals surface area contributed by atoms with Gasteiger partial charge in [-0.25, -0.2) is 13.6 Å². The van der Waals surface area contributed by atoms with Crippen molar-refractivity contribution in [1.29, 1.82) is 0 Å². The second-order valence-corrected chi connectivity index (χ2v) is 5.64. The summed E-state index contributed by atoms with van der Waals surface area (Å²) in [5.41, 5.74) is 7.36. The number of hydrogen-bond acceptors (Lipinski definition) is 6. The molecule has 102 valence electrons. The number of primary sulfonamides is 1. The number of hydrogen-bond donors (Lipinski definition) is 3. The summed E-state index contributed by atoms with van der Waals surface area (Å²) in [6, 6.07) is 6.00. The molecule has 0 saturated heterocycles. The maximum absolute atomic E-state index is 11.3. The number of nitrogens with two attached hydrogens (primary N) is 2. The lowest BCUT2D eigenvalue weighted by Crippen LogP contribution is -2.13. The largest absolute Gasteiger partial charge is 0.397 e. The zero-order valence-corrected chi connectivity index (χ0v) is 11.1. The summed E-state index contributed by atoms with van der Waals surface area (Å²) < 4.78 is 27.4. The van der Waals surface area contributed by atoms with Crippen LogP contribution in [0.3, 0.4) is 0 Å². The van der Waals surface area contributed by atoms with Crippen LogP contribution in [0.4, 0.5) is 11.4 Å². The number of nitrogen functional groups attached to an aromatic ring is 1. The number of rotatable bonds is 4. The summed E-state index contributed by atoms with van der Waals surface area (Å²) in [6.07, 6.45) is 0. The molecule has 7 nitrogen and oxygen atoms in total. The minimum Gasteiger partial charge on any atom is -0.397 e. The molecule has 0 fully saturated rings. The van der Waals surface area contributed by atoms with Gasteiger partial charge in [0.15, 0.2) is 0 Å². The van der Waals surface area contributed by atoms with Gasteiger partial charge >= 0.3 is 0 Å². The van der Waals surface area contributed by atoms with E-state index in [9.17, 15) is 8.42 Å². The van der Waals surface area contributed by atoms with Gasteiger partial charge in [-0.05, 0) is 25.1 Å². The molecule has 19 heavy (non-hydrogen) atoms. The normalized spacial score (nSPS) is 11.5. The van der Waals surface area contributed by atoms with Crippen molar-refractivity contribution >= 4 is 21.4 Å². The Morgan fingerprint density at radius 3 is 2.68 bits per heavy atom. The van der Waals surface area contributed by atoms with Crippen LogP contribution in [-0.2, 0) is 16.6 Å². The van der Waals surface area contributed by atoms with Crippen molar-refractivity contribution in [3.63, 3.8) is 0 Å². The van der Waals surface area contributed by atoms with E-state index in [-0.39, 0.29) is 4.90 Å². The van der Waals surface area contributed by atoms with Gasteiger partial charge in [0.05, 0.1) is 22.8 Å². The monoisotopic (exact) mass is 282 g/mol. The van der Waals surface area contributed by atoms with Gasteiger partial charge in [0, 0.05) is 6.07 Å². The molecule has 0 saturated carbocycles. The number of aryl methyl sites for hydroxylation is 1. The second kappa shape index (κ2) is 4.90. The molecule has 1 aromatic carbocycles. The molecule has 2 aromatic rings. The van der Waals surface area contributed by atoms with Gasteiger partial charge in [-0.3, -0.25) is 0 Å². The minimum absolute atomic E-state index is 0.000494. The first-order chi connectivity index (χ1) is 8.86. The maximum atomic E-state index is 11.3. The van der Waals surface area contributed by atoms with Gasteiger partial charge in [-0.1, -0.05) is 5.16 Å². The van der Waals surface area contributed by atoms with Crippen LogP contribution >= 0.6 is 0 Å². The first-order valence-corrected chi connectivity index (χ1v) is 6.99. The molecule has 1 heterocycles. The van der Waals surface area contributed by atoms with Gasteiger partial charge in [0.2, 0.25) is 10.0 Å². The lowest BCUT2D eigenvalue weighted by molar-refractivity contribution is 0.391. The molecule has 1 aromatic heterocycles. The highest BCUT2D eigenvalue weighted by Gasteiger charge is 2.10. The highest BCUT2D eigenvalue weighted by atomic mass is 32.2. The van der Waals surface area contributed by atoms with Crippen LogP contribution in [-0.4, -0.2) is 13.6 Å². The third kappa shape index (κ3) is 3.24. The fourth-order valence-corrected chi connectivity index (χ4v) is 2.09. The maximum Gasteiger partial charge on any atom is 0.238 e. The summed E-state index contributed by atoms with van der Waals surface area (Å²) >= 11 is 0. The lowest BCUT2D eigenvalue weighted by Gasteiger charge is -2.09. The van der Waals surface area contributed by atoms with E-state index in [1.54, 1.807) is 13.0 Å². The zero-order chi connectivity index (χ0) is 14.0. The Labute approximate surface area is 110 Å². The van der Waals surface area contributed by atoms with E-state index < -0.39 is 10.0 Å². The van der Waals surface area contributed by atoms with Gasteiger partial charge in [-0.15, -0.1) is 0 Å². The molecule has 0 amide bonds. The van der Waals surface area contributed by atoms with Crippen LogP contribution < -0.4 is 16.2 Å². The molecule has 0 aliphatic rings. The molecule has 5 N–H and O–H groups in total. The first-order valence-electron chi connectivity index (χ1n) is 5.44. The fourth-order valence-electron chi connectivity index (χ4n) is 1.55. The van der Waals surface area contributed by atoms with Crippen molar-refractivity contribution in [1.82, 2.24) is 5.16 Å². The molecule has 0 spiro atoms. The van der Waals surface area contributed by atoms with Crippen molar-refractivity contribution in [3.8, 4) is 0 Å². The molecule has 0 unspecified atom stereocenters. The molecule has 2 rings (SSSR count). The van der Waals surface area contributed by atoms with Crippen molar-refractivity contribution in [2.75, 3.05) is 11.1 Å². The van der Waals surface area contributed by atoms with Crippen LogP contribution in [0.15, 0.2) is 33.7 Å². The van der Waals surface area contributed by atoms with Crippen molar-refractivity contribution in [3.05, 3.63) is 35.7 Å². The van der Waals surface area contributed by atoms with Crippen LogP contribution in [0.5, 0.6) is 0 Å². The summed E-state index contributed by atoms with van der Waals surface area (Å²) in [5, 5.41) is 11.9. The van der Waals surface area contributed by atoms with E-state index in [1.165, 1.54) is 18.2 Å². The summed E-state index contributed by atoms with van der Waals surface area (Å²) in [6.45, 7) is 2.15. The molecule has 8 heteroatoms. The van der Waals surface area contributed by atoms with Gasteiger partial charge in [0.1, 0.15) is 11.5 Å². The van der Waals surface area contributed by atoms with E-state index >= 15 is 0 Å². The van der Waals surface area contributed by atoms with Crippen LogP contribution in [0.2, 0.25) is 0 Å². The zero-order valence-electron chi connectivity index (χ0n) is 10.3. The molecule has 0 bridgehead atoms. The van der Waals surface area contributed by atoms with Crippen molar-refractivity contribution < 1.29 is 12.9 Å². The Morgan fingerprint density at radius 1 is 1.37 bits per heavy atom. The average molecular weight is 282 g/mol. The topological polar surface area (TPSA) is 124 Å². The summed E-state index contributed by atoms with van der Waals surface area (Å²) in [4.78, 5) is 0.000494. The Kier molecular flexibility index (Phi) is 3.45. The number of sulfonamides is 1. The average Bonchev–Trinajstić information content (AvgIpc) is 2.72. The third-order valence-electron chi connectivity index (χ3n) is 2.49. The van der Waals surface area contributed by atoms with E-state index in [4.69, 9.17) is 15.4 Å². The molecular weight excluding hydrogens is 268 g/mol. The summed E-state index contributed by atoms with van der Waals surface area (Å²) in [5.74, 6) is 0.697. The number of nitrogens with one attached hydrogen (secondary N) is 1. The van der Waals surface area contributed by atoms with Gasteiger partial charge in [-0.2, -0.15) is 0 Å². The second-order valence-electron chi connectivity index (χ2n) is 4.08. The smallest absolute Gasteiger partial charge is 0.238 e. The molecule has 0 atom stereocenters. The molecule has 0 aliphatic carbocycles. The first kappa shape index (κ1) is 13.4. The van der Waals surface area contributed by atoms with Crippen molar-refractivity contribution in [2.24, 2.45) is 5.14 Å². The highest BCUT2D eigenvalue weighted by Crippen LogP contribution is 2.22. The standard InChI is InChI=1S/C11H14N4O3S/c1-7-4-8(15-18-7)6-14-11-5-9(19(13,16)17)2-3-10(11)12/h2-5,14H,6,12H2,1H3,(H2,13,16,17). The van der Waals surface area contributed by atoms with E-state index in [1.807, 2.05) is 0 Å². The van der Waals surface area contributed by atoms with Crippen LogP contribution in [0.1, 0.15) is 11.5 Å². The van der Waals surface area contributed by atoms with Crippen molar-refractivity contribution in [2.45, 2.75) is 18.4 Å². The Hall–Kier alpha value is -2.06. The number of aromatic nitrogens is 1. The SMILES string of the molecule is Cc1cc(CNc2cc(S(N)(=O)=O)ccc2N)no1. The number of benzene rings is 1. The molecule has 0 radical (unpaired) electrons. The van der Waals surface area contributed by atoms with Crippen LogP contribution in [0, 0.1) is 6.92 Å².